The van der Waals surface area contributed by atoms with Crippen LogP contribution in [0.25, 0.3) is 0 Å². The zero-order valence-electron chi connectivity index (χ0n) is 7.16. The fourth-order valence-electron chi connectivity index (χ4n) is 0.914. The average molecular weight is 169 g/mol. The second-order valence-electron chi connectivity index (χ2n) is 2.54. The summed E-state index contributed by atoms with van der Waals surface area (Å²) < 4.78 is 4.62. The van der Waals surface area contributed by atoms with E-state index in [-0.39, 0.29) is 5.91 Å². The Morgan fingerprint density at radius 1 is 1.67 bits per heavy atom. The van der Waals surface area contributed by atoms with E-state index in [9.17, 15) is 9.59 Å². The van der Waals surface area contributed by atoms with E-state index in [1.165, 1.54) is 0 Å². The van der Waals surface area contributed by atoms with Crippen LogP contribution in [0.15, 0.2) is 11.6 Å². The predicted molar refractivity (Wildman–Crippen MR) is 42.5 cm³/mol. The number of cyclic esters (lactones) is 1. The molecule has 0 saturated carbocycles. The van der Waals surface area contributed by atoms with Crippen LogP contribution in [0, 0.1) is 0 Å². The number of rotatable bonds is 1. The first-order valence-electron chi connectivity index (χ1n) is 3.78. The molecule has 0 aromatic rings. The first-order valence-corrected chi connectivity index (χ1v) is 3.78. The van der Waals surface area contributed by atoms with Gasteiger partial charge in [-0.1, -0.05) is 6.08 Å². The van der Waals surface area contributed by atoms with E-state index in [4.69, 9.17) is 0 Å². The lowest BCUT2D eigenvalue weighted by atomic mass is 10.2. The van der Waals surface area contributed by atoms with Gasteiger partial charge in [-0.05, 0) is 13.8 Å². The van der Waals surface area contributed by atoms with Crippen molar-refractivity contribution in [2.75, 3.05) is 13.2 Å². The van der Waals surface area contributed by atoms with Crippen LogP contribution in [-0.2, 0) is 9.53 Å². The molecule has 0 aromatic carbocycles. The third-order valence-electron chi connectivity index (χ3n) is 1.78. The highest BCUT2D eigenvalue weighted by Gasteiger charge is 2.28. The first kappa shape index (κ1) is 8.77. The standard InChI is InChI=1S/C8H11NO3/c1-3-6(2)7(10)9-4-5-12-8(9)11/h3H,4-5H2,1-2H3/b6-3-. The van der Waals surface area contributed by atoms with Crippen molar-refractivity contribution < 1.29 is 14.3 Å². The highest BCUT2D eigenvalue weighted by Crippen LogP contribution is 2.08. The molecule has 4 heteroatoms. The second kappa shape index (κ2) is 3.38. The van der Waals surface area contributed by atoms with Crippen LogP contribution in [0.3, 0.4) is 0 Å². The number of hydrogen-bond donors (Lipinski definition) is 0. The SMILES string of the molecule is C/C=C(/C)C(=O)N1CCOC1=O. The number of nitrogens with zero attached hydrogens (tertiary/aromatic N) is 1. The third-order valence-corrected chi connectivity index (χ3v) is 1.78. The highest BCUT2D eigenvalue weighted by molar-refractivity contribution is 6.02. The van der Waals surface area contributed by atoms with Crippen molar-refractivity contribution in [3.63, 3.8) is 0 Å². The number of hydrogen-bond acceptors (Lipinski definition) is 3. The minimum Gasteiger partial charge on any atom is -0.447 e. The lowest BCUT2D eigenvalue weighted by Crippen LogP contribution is -2.32. The summed E-state index contributed by atoms with van der Waals surface area (Å²) in [6.07, 6.45) is 1.13. The van der Waals surface area contributed by atoms with Gasteiger partial charge in [0, 0.05) is 5.57 Å². The van der Waals surface area contributed by atoms with Crippen LogP contribution in [0.2, 0.25) is 0 Å². The van der Waals surface area contributed by atoms with E-state index in [1.807, 2.05) is 0 Å². The number of amides is 2. The van der Waals surface area contributed by atoms with Gasteiger partial charge in [0.1, 0.15) is 6.61 Å². The van der Waals surface area contributed by atoms with E-state index in [1.54, 1.807) is 19.9 Å². The molecule has 0 atom stereocenters. The van der Waals surface area contributed by atoms with Gasteiger partial charge in [-0.3, -0.25) is 4.79 Å². The third kappa shape index (κ3) is 1.47. The highest BCUT2D eigenvalue weighted by atomic mass is 16.6. The largest absolute Gasteiger partial charge is 0.447 e. The Hall–Kier alpha value is -1.32. The molecule has 1 saturated heterocycles. The minimum atomic E-state index is -0.541. The molecule has 12 heavy (non-hydrogen) atoms. The summed E-state index contributed by atoms with van der Waals surface area (Å²) in [6.45, 7) is 4.10. The van der Waals surface area contributed by atoms with E-state index in [0.29, 0.717) is 18.7 Å². The first-order chi connectivity index (χ1) is 5.66. The summed E-state index contributed by atoms with van der Waals surface area (Å²) in [7, 11) is 0. The van der Waals surface area contributed by atoms with Gasteiger partial charge < -0.3 is 4.74 Å². The van der Waals surface area contributed by atoms with Gasteiger partial charge in [0.15, 0.2) is 0 Å². The molecule has 4 nitrogen and oxygen atoms in total. The van der Waals surface area contributed by atoms with Crippen molar-refractivity contribution in [1.29, 1.82) is 0 Å². The lowest BCUT2D eigenvalue weighted by Gasteiger charge is -2.09. The maximum Gasteiger partial charge on any atom is 0.416 e. The number of carbonyl (C=O) groups excluding carboxylic acids is 2. The van der Waals surface area contributed by atoms with Gasteiger partial charge in [-0.25, -0.2) is 9.69 Å². The Morgan fingerprint density at radius 3 is 2.75 bits per heavy atom. The minimum absolute atomic E-state index is 0.264. The smallest absolute Gasteiger partial charge is 0.416 e. The van der Waals surface area contributed by atoms with Crippen LogP contribution in [0.1, 0.15) is 13.8 Å². The van der Waals surface area contributed by atoms with Crippen LogP contribution in [0.5, 0.6) is 0 Å². The zero-order valence-corrected chi connectivity index (χ0v) is 7.16. The molecule has 1 fully saturated rings. The maximum atomic E-state index is 11.3. The topological polar surface area (TPSA) is 46.6 Å². The molecule has 0 aromatic heterocycles. The molecular formula is C8H11NO3. The number of carbonyl (C=O) groups is 2. The molecule has 0 N–H and O–H groups in total. The summed E-state index contributed by atoms with van der Waals surface area (Å²) in [5.74, 6) is -0.264. The second-order valence-corrected chi connectivity index (χ2v) is 2.54. The molecule has 66 valence electrons. The summed E-state index contributed by atoms with van der Waals surface area (Å²) >= 11 is 0. The fraction of sp³-hybridized carbons (Fsp3) is 0.500. The number of ether oxygens (including phenoxy) is 1. The van der Waals surface area contributed by atoms with E-state index >= 15 is 0 Å². The summed E-state index contributed by atoms with van der Waals surface area (Å²) in [5.41, 5.74) is 0.564. The molecule has 2 amide bonds. The van der Waals surface area contributed by atoms with Crippen LogP contribution >= 0.6 is 0 Å². The zero-order chi connectivity index (χ0) is 9.14. The quantitative estimate of drug-likeness (QED) is 0.548. The number of imide groups is 1. The predicted octanol–water partition coefficient (Wildman–Crippen LogP) is 0.931. The van der Waals surface area contributed by atoms with Crippen LogP contribution in [-0.4, -0.2) is 30.1 Å². The molecule has 0 spiro atoms. The fourth-order valence-corrected chi connectivity index (χ4v) is 0.914. The Labute approximate surface area is 70.8 Å². The van der Waals surface area contributed by atoms with E-state index in [2.05, 4.69) is 4.74 Å². The molecule has 1 aliphatic rings. The molecule has 1 rings (SSSR count). The van der Waals surface area contributed by atoms with Crippen LogP contribution < -0.4 is 0 Å². The Bertz CT molecular complexity index is 245. The Morgan fingerprint density at radius 2 is 2.33 bits per heavy atom. The van der Waals surface area contributed by atoms with Crippen molar-refractivity contribution >= 4 is 12.0 Å². The Balaban J connectivity index is 2.70. The van der Waals surface area contributed by atoms with Gasteiger partial charge in [0.05, 0.1) is 6.54 Å². The van der Waals surface area contributed by atoms with E-state index < -0.39 is 6.09 Å². The van der Waals surface area contributed by atoms with Gasteiger partial charge >= 0.3 is 6.09 Å². The average Bonchev–Trinajstić information content (AvgIpc) is 2.48. The summed E-state index contributed by atoms with van der Waals surface area (Å²) in [4.78, 5) is 23.3. The molecule has 1 aliphatic heterocycles. The van der Waals surface area contributed by atoms with Gasteiger partial charge in [0.2, 0.25) is 0 Å². The van der Waals surface area contributed by atoms with Crippen LogP contribution in [0.4, 0.5) is 4.79 Å². The normalized spacial score (nSPS) is 18.0. The molecule has 0 unspecified atom stereocenters. The molecule has 0 radical (unpaired) electrons. The summed E-state index contributed by atoms with van der Waals surface area (Å²) in [5, 5.41) is 0. The van der Waals surface area contributed by atoms with Crippen molar-refractivity contribution in [3.05, 3.63) is 11.6 Å². The van der Waals surface area contributed by atoms with Gasteiger partial charge in [0.25, 0.3) is 5.91 Å². The molecular weight excluding hydrogens is 158 g/mol. The number of allylic oxidation sites excluding steroid dienone is 1. The molecule has 1 heterocycles. The monoisotopic (exact) mass is 169 g/mol. The van der Waals surface area contributed by atoms with Crippen molar-refractivity contribution in [2.45, 2.75) is 13.8 Å². The van der Waals surface area contributed by atoms with Crippen molar-refractivity contribution in [1.82, 2.24) is 4.90 Å². The van der Waals surface area contributed by atoms with Crippen molar-refractivity contribution in [3.8, 4) is 0 Å². The van der Waals surface area contributed by atoms with Crippen molar-refractivity contribution in [2.24, 2.45) is 0 Å². The Kier molecular flexibility index (Phi) is 2.47. The molecule has 0 bridgehead atoms. The van der Waals surface area contributed by atoms with Gasteiger partial charge in [-0.15, -0.1) is 0 Å². The molecule has 0 aliphatic carbocycles. The lowest BCUT2D eigenvalue weighted by molar-refractivity contribution is -0.123. The maximum absolute atomic E-state index is 11.3. The summed E-state index contributed by atoms with van der Waals surface area (Å²) in [6, 6.07) is 0. The van der Waals surface area contributed by atoms with E-state index in [0.717, 1.165) is 4.90 Å². The van der Waals surface area contributed by atoms with Gasteiger partial charge in [-0.2, -0.15) is 0 Å².